The van der Waals surface area contributed by atoms with Crippen molar-refractivity contribution in [2.24, 2.45) is 16.5 Å². The lowest BCUT2D eigenvalue weighted by Gasteiger charge is -2.07. The molecule has 33 heavy (non-hydrogen) atoms. The number of aromatic nitrogens is 2. The number of carbonyl (C=O) groups is 2. The maximum atomic E-state index is 12.2. The first-order chi connectivity index (χ1) is 14.8. The molecule has 0 atom stereocenters. The zero-order chi connectivity index (χ0) is 22.8. The molecule has 0 bridgehead atoms. The standard InChI is InChI=1S/C19H26ClN9O2.2ClH/c20-15-17(23)28-16(22)14(27-15)18(31)29-19(24)26-9-2-1-3-11-4-6-12(7-5-11)25-10-8-13(21)30;;/h4-7,25H,1-3,8-10H2,(H2,21,30)(H4,22,23,28)(H3,24,26,29,31);2*1H. The van der Waals surface area contributed by atoms with Gasteiger partial charge in [-0.25, -0.2) is 9.97 Å². The van der Waals surface area contributed by atoms with E-state index in [9.17, 15) is 9.59 Å². The Hall–Kier alpha value is -3.02. The summed E-state index contributed by atoms with van der Waals surface area (Å²) in [4.78, 5) is 34.6. The Labute approximate surface area is 208 Å². The number of hydrogen-bond donors (Lipinski definition) is 6. The molecule has 0 spiro atoms. The highest BCUT2D eigenvalue weighted by Gasteiger charge is 2.16. The van der Waals surface area contributed by atoms with Crippen LogP contribution in [0.5, 0.6) is 0 Å². The van der Waals surface area contributed by atoms with Gasteiger partial charge in [0.1, 0.15) is 0 Å². The fraction of sp³-hybridized carbons (Fsp3) is 0.316. The van der Waals surface area contributed by atoms with Gasteiger partial charge in [-0.2, -0.15) is 0 Å². The van der Waals surface area contributed by atoms with Gasteiger partial charge in [0.25, 0.3) is 5.91 Å². The molecular formula is C19H28Cl3N9O2. The summed E-state index contributed by atoms with van der Waals surface area (Å²) < 4.78 is 0. The molecule has 10 N–H and O–H groups in total. The molecule has 0 fully saturated rings. The summed E-state index contributed by atoms with van der Waals surface area (Å²) >= 11 is 5.76. The van der Waals surface area contributed by atoms with E-state index in [1.165, 1.54) is 5.56 Å². The molecular weight excluding hydrogens is 493 g/mol. The van der Waals surface area contributed by atoms with Gasteiger partial charge in [0.2, 0.25) is 5.91 Å². The normalized spacial score (nSPS) is 10.5. The van der Waals surface area contributed by atoms with Crippen molar-refractivity contribution >= 4 is 71.5 Å². The molecule has 0 saturated carbocycles. The summed E-state index contributed by atoms with van der Waals surface area (Å²) in [6, 6.07) is 7.96. The summed E-state index contributed by atoms with van der Waals surface area (Å²) in [6.07, 6.45) is 2.84. The molecule has 182 valence electrons. The quantitative estimate of drug-likeness (QED) is 0.153. The van der Waals surface area contributed by atoms with E-state index in [2.05, 4.69) is 25.6 Å². The Bertz CT molecular complexity index is 956. The van der Waals surface area contributed by atoms with Crippen LogP contribution < -0.4 is 33.6 Å². The summed E-state index contributed by atoms with van der Waals surface area (Å²) in [5.41, 5.74) is 23.9. The molecule has 0 saturated heterocycles. The van der Waals surface area contributed by atoms with Crippen molar-refractivity contribution in [3.63, 3.8) is 0 Å². The number of nitrogens with one attached hydrogen (secondary N) is 2. The third-order valence-electron chi connectivity index (χ3n) is 4.17. The maximum Gasteiger partial charge on any atom is 0.280 e. The zero-order valence-corrected chi connectivity index (χ0v) is 20.1. The number of aryl methyl sites for hydroxylation is 1. The fourth-order valence-corrected chi connectivity index (χ4v) is 2.71. The third kappa shape index (κ3) is 10.4. The van der Waals surface area contributed by atoms with E-state index in [4.69, 9.17) is 34.5 Å². The highest BCUT2D eigenvalue weighted by Crippen LogP contribution is 2.17. The molecule has 0 radical (unpaired) electrons. The zero-order valence-electron chi connectivity index (χ0n) is 17.7. The van der Waals surface area contributed by atoms with Crippen LogP contribution in [-0.2, 0) is 11.2 Å². The molecule has 14 heteroatoms. The highest BCUT2D eigenvalue weighted by atomic mass is 35.5. The highest BCUT2D eigenvalue weighted by molar-refractivity contribution is 6.31. The van der Waals surface area contributed by atoms with E-state index in [1.807, 2.05) is 24.3 Å². The van der Waals surface area contributed by atoms with Crippen molar-refractivity contribution in [1.29, 1.82) is 0 Å². The minimum absolute atomic E-state index is 0. The van der Waals surface area contributed by atoms with Crippen LogP contribution in [-0.4, -0.2) is 40.8 Å². The monoisotopic (exact) mass is 519 g/mol. The van der Waals surface area contributed by atoms with E-state index in [-0.39, 0.29) is 59.2 Å². The number of amides is 2. The fourth-order valence-electron chi connectivity index (χ4n) is 2.58. The average Bonchev–Trinajstić information content (AvgIpc) is 2.71. The molecule has 11 nitrogen and oxygen atoms in total. The van der Waals surface area contributed by atoms with Crippen LogP contribution in [0.3, 0.4) is 0 Å². The largest absolute Gasteiger partial charge is 0.385 e. The topological polar surface area (TPSA) is 200 Å². The third-order valence-corrected chi connectivity index (χ3v) is 4.45. The maximum absolute atomic E-state index is 12.2. The Kier molecular flexibility index (Phi) is 13.6. The molecule has 0 unspecified atom stereocenters. The van der Waals surface area contributed by atoms with Gasteiger partial charge >= 0.3 is 0 Å². The van der Waals surface area contributed by atoms with Crippen molar-refractivity contribution in [3.05, 3.63) is 40.7 Å². The number of aliphatic imine (C=N–C) groups is 1. The molecule has 2 amide bonds. The summed E-state index contributed by atoms with van der Waals surface area (Å²) in [7, 11) is 0. The van der Waals surface area contributed by atoms with Gasteiger partial charge in [-0.1, -0.05) is 23.7 Å². The summed E-state index contributed by atoms with van der Waals surface area (Å²) in [6.45, 7) is 0.956. The number of rotatable bonds is 10. The van der Waals surface area contributed by atoms with Crippen LogP contribution >= 0.6 is 36.4 Å². The van der Waals surface area contributed by atoms with Crippen molar-refractivity contribution in [3.8, 4) is 0 Å². The van der Waals surface area contributed by atoms with E-state index < -0.39 is 5.91 Å². The lowest BCUT2D eigenvalue weighted by Crippen LogP contribution is -2.38. The van der Waals surface area contributed by atoms with E-state index in [0.29, 0.717) is 19.5 Å². The van der Waals surface area contributed by atoms with Crippen LogP contribution in [0.1, 0.15) is 35.3 Å². The average molecular weight is 521 g/mol. The smallest absolute Gasteiger partial charge is 0.280 e. The lowest BCUT2D eigenvalue weighted by atomic mass is 10.1. The number of nitrogens with two attached hydrogens (primary N) is 4. The number of anilines is 3. The van der Waals surface area contributed by atoms with E-state index in [1.54, 1.807) is 0 Å². The van der Waals surface area contributed by atoms with Crippen molar-refractivity contribution in [1.82, 2.24) is 15.3 Å². The number of carbonyl (C=O) groups excluding carboxylic acids is 2. The lowest BCUT2D eigenvalue weighted by molar-refractivity contribution is -0.117. The Morgan fingerprint density at radius 1 is 1.00 bits per heavy atom. The molecule has 1 heterocycles. The van der Waals surface area contributed by atoms with Crippen LogP contribution in [0.15, 0.2) is 29.3 Å². The summed E-state index contributed by atoms with van der Waals surface area (Å²) in [5.74, 6) is -1.27. The summed E-state index contributed by atoms with van der Waals surface area (Å²) in [5, 5.41) is 5.40. The molecule has 1 aromatic carbocycles. The van der Waals surface area contributed by atoms with Crippen LogP contribution in [0, 0.1) is 0 Å². The minimum Gasteiger partial charge on any atom is -0.385 e. The molecule has 0 aliphatic heterocycles. The Balaban J connectivity index is 0.00000512. The van der Waals surface area contributed by atoms with Gasteiger partial charge in [-0.05, 0) is 37.0 Å². The van der Waals surface area contributed by atoms with Gasteiger partial charge in [0.15, 0.2) is 28.4 Å². The predicted octanol–water partition coefficient (Wildman–Crippen LogP) is 1.49. The second kappa shape index (κ2) is 14.9. The number of nitrogen functional groups attached to an aromatic ring is 2. The molecule has 0 aliphatic rings. The number of hydrogen-bond acceptors (Lipinski definition) is 8. The van der Waals surface area contributed by atoms with Crippen LogP contribution in [0.25, 0.3) is 0 Å². The van der Waals surface area contributed by atoms with E-state index in [0.717, 1.165) is 24.9 Å². The Morgan fingerprint density at radius 2 is 1.67 bits per heavy atom. The first kappa shape index (κ1) is 30.0. The first-order valence-electron chi connectivity index (χ1n) is 9.57. The number of guanidine groups is 1. The SMILES string of the molecule is Cl.Cl.NC(=O)CCNc1ccc(CCCCN=C(N)NC(=O)c2nc(Cl)c(N)nc2N)cc1. The number of halogens is 3. The predicted molar refractivity (Wildman–Crippen MR) is 136 cm³/mol. The van der Waals surface area contributed by atoms with Gasteiger partial charge in [0, 0.05) is 25.2 Å². The van der Waals surface area contributed by atoms with E-state index >= 15 is 0 Å². The molecule has 2 aromatic rings. The Morgan fingerprint density at radius 3 is 2.30 bits per heavy atom. The van der Waals surface area contributed by atoms with Gasteiger partial charge in [0.05, 0.1) is 0 Å². The molecule has 1 aromatic heterocycles. The number of unbranched alkanes of at least 4 members (excludes halogenated alkanes) is 1. The van der Waals surface area contributed by atoms with Crippen molar-refractivity contribution < 1.29 is 9.59 Å². The van der Waals surface area contributed by atoms with Gasteiger partial charge < -0.3 is 28.3 Å². The second-order valence-corrected chi connectivity index (χ2v) is 7.01. The number of nitrogens with zero attached hydrogens (tertiary/aromatic N) is 3. The van der Waals surface area contributed by atoms with Crippen molar-refractivity contribution in [2.45, 2.75) is 25.7 Å². The minimum atomic E-state index is -0.669. The molecule has 0 aliphatic carbocycles. The van der Waals surface area contributed by atoms with Gasteiger partial charge in [-0.3, -0.25) is 19.9 Å². The van der Waals surface area contributed by atoms with Gasteiger partial charge in [-0.15, -0.1) is 24.8 Å². The van der Waals surface area contributed by atoms with Crippen LogP contribution in [0.4, 0.5) is 17.3 Å². The second-order valence-electron chi connectivity index (χ2n) is 6.65. The molecule has 2 rings (SSSR count). The van der Waals surface area contributed by atoms with Crippen LogP contribution in [0.2, 0.25) is 5.15 Å². The first-order valence-corrected chi connectivity index (χ1v) is 9.95. The number of primary amides is 1. The number of benzene rings is 1. The van der Waals surface area contributed by atoms with Crippen molar-refractivity contribution in [2.75, 3.05) is 29.9 Å².